The van der Waals surface area contributed by atoms with Crippen LogP contribution in [0.3, 0.4) is 0 Å². The third kappa shape index (κ3) is 5.10. The predicted molar refractivity (Wildman–Crippen MR) is 104 cm³/mol. The number of hydrogen-bond donors (Lipinski definition) is 2. The Kier molecular flexibility index (Phi) is 6.28. The molecule has 0 spiro atoms. The van der Waals surface area contributed by atoms with Crippen molar-refractivity contribution in [3.05, 3.63) is 54.6 Å². The summed E-state index contributed by atoms with van der Waals surface area (Å²) in [6.45, 7) is -0.931. The maximum atomic E-state index is 12.1. The first-order valence-corrected chi connectivity index (χ1v) is 9.35. The van der Waals surface area contributed by atoms with Gasteiger partial charge in [-0.25, -0.2) is 4.79 Å². The van der Waals surface area contributed by atoms with Gasteiger partial charge in [0.15, 0.2) is 6.61 Å². The van der Waals surface area contributed by atoms with Gasteiger partial charge in [-0.1, -0.05) is 30.3 Å². The predicted octanol–water partition coefficient (Wildman–Crippen LogP) is 2.02. The minimum absolute atomic E-state index is 0.215. The number of esters is 1. The zero-order valence-electron chi connectivity index (χ0n) is 14.7. The fourth-order valence-electron chi connectivity index (χ4n) is 2.49. The SMILES string of the molecule is O=C(COC(=O)CN1C(=O)CSc2ccccc21)NC(=O)Nc1ccccc1. The number of benzene rings is 2. The van der Waals surface area contributed by atoms with Crippen molar-refractivity contribution in [2.75, 3.05) is 29.1 Å². The number of urea groups is 1. The molecule has 4 amide bonds. The Balaban J connectivity index is 1.47. The number of para-hydroxylation sites is 2. The summed E-state index contributed by atoms with van der Waals surface area (Å²) in [5.41, 5.74) is 1.15. The summed E-state index contributed by atoms with van der Waals surface area (Å²) < 4.78 is 4.89. The molecule has 0 aromatic heterocycles. The monoisotopic (exact) mass is 399 g/mol. The molecule has 2 aromatic carbocycles. The van der Waals surface area contributed by atoms with Gasteiger partial charge in [0.1, 0.15) is 6.54 Å². The van der Waals surface area contributed by atoms with Crippen molar-refractivity contribution >= 4 is 47.0 Å². The lowest BCUT2D eigenvalue weighted by Crippen LogP contribution is -2.41. The second-order valence-electron chi connectivity index (χ2n) is 5.77. The van der Waals surface area contributed by atoms with Gasteiger partial charge in [0.05, 0.1) is 11.4 Å². The van der Waals surface area contributed by atoms with Crippen LogP contribution >= 0.6 is 11.8 Å². The average Bonchev–Trinajstić information content (AvgIpc) is 2.69. The van der Waals surface area contributed by atoms with Crippen molar-refractivity contribution in [3.8, 4) is 0 Å². The summed E-state index contributed by atoms with van der Waals surface area (Å²) in [6, 6.07) is 15.1. The van der Waals surface area contributed by atoms with Gasteiger partial charge in [-0.15, -0.1) is 11.8 Å². The van der Waals surface area contributed by atoms with E-state index in [1.165, 1.54) is 16.7 Å². The molecule has 0 atom stereocenters. The maximum absolute atomic E-state index is 12.1. The van der Waals surface area contributed by atoms with Crippen molar-refractivity contribution in [3.63, 3.8) is 0 Å². The summed E-state index contributed by atoms with van der Waals surface area (Å²) in [6.07, 6.45) is 0. The Bertz CT molecular complexity index is 903. The van der Waals surface area contributed by atoms with Crippen LogP contribution in [0.2, 0.25) is 0 Å². The number of carbonyl (C=O) groups excluding carboxylic acids is 4. The van der Waals surface area contributed by atoms with E-state index in [1.54, 1.807) is 42.5 Å². The quantitative estimate of drug-likeness (QED) is 0.746. The van der Waals surface area contributed by atoms with Gasteiger partial charge >= 0.3 is 12.0 Å². The van der Waals surface area contributed by atoms with Gasteiger partial charge in [0.25, 0.3) is 5.91 Å². The van der Waals surface area contributed by atoms with E-state index in [2.05, 4.69) is 10.6 Å². The normalized spacial score (nSPS) is 12.7. The smallest absolute Gasteiger partial charge is 0.326 e. The summed E-state index contributed by atoms with van der Waals surface area (Å²) in [5, 5.41) is 4.54. The molecule has 0 unspecified atom stereocenters. The lowest BCUT2D eigenvalue weighted by atomic mass is 10.2. The number of hydrogen-bond acceptors (Lipinski definition) is 6. The molecule has 1 aliphatic rings. The van der Waals surface area contributed by atoms with Crippen LogP contribution in [0.1, 0.15) is 0 Å². The van der Waals surface area contributed by atoms with Crippen LogP contribution in [0, 0.1) is 0 Å². The number of amides is 4. The maximum Gasteiger partial charge on any atom is 0.326 e. The van der Waals surface area contributed by atoms with Gasteiger partial charge in [0.2, 0.25) is 5.91 Å². The first-order valence-electron chi connectivity index (χ1n) is 8.36. The van der Waals surface area contributed by atoms with Crippen LogP contribution in [0.4, 0.5) is 16.2 Å². The second kappa shape index (κ2) is 9.05. The summed E-state index contributed by atoms with van der Waals surface area (Å²) in [5.74, 6) is -1.51. The molecule has 144 valence electrons. The Hall–Kier alpha value is -3.33. The lowest BCUT2D eigenvalue weighted by Gasteiger charge is -2.27. The highest BCUT2D eigenvalue weighted by atomic mass is 32.2. The third-order valence-electron chi connectivity index (χ3n) is 3.74. The zero-order chi connectivity index (χ0) is 19.9. The Morgan fingerprint density at radius 3 is 2.54 bits per heavy atom. The highest BCUT2D eigenvalue weighted by Gasteiger charge is 2.27. The number of thioether (sulfide) groups is 1. The minimum Gasteiger partial charge on any atom is -0.454 e. The van der Waals surface area contributed by atoms with Crippen LogP contribution in [0.25, 0.3) is 0 Å². The topological polar surface area (TPSA) is 105 Å². The molecule has 1 heterocycles. The molecule has 2 N–H and O–H groups in total. The number of imide groups is 1. The van der Waals surface area contributed by atoms with E-state index in [1.807, 2.05) is 12.1 Å². The van der Waals surface area contributed by atoms with Crippen molar-refractivity contribution in [1.29, 1.82) is 0 Å². The first-order chi connectivity index (χ1) is 13.5. The largest absolute Gasteiger partial charge is 0.454 e. The molecule has 0 radical (unpaired) electrons. The molecular weight excluding hydrogens is 382 g/mol. The van der Waals surface area contributed by atoms with Crippen LogP contribution in [0.15, 0.2) is 59.5 Å². The van der Waals surface area contributed by atoms with E-state index in [-0.39, 0.29) is 18.2 Å². The van der Waals surface area contributed by atoms with E-state index < -0.39 is 24.5 Å². The van der Waals surface area contributed by atoms with E-state index in [0.717, 1.165) is 4.90 Å². The molecule has 0 aliphatic carbocycles. The van der Waals surface area contributed by atoms with Gasteiger partial charge in [0, 0.05) is 10.6 Å². The summed E-state index contributed by atoms with van der Waals surface area (Å²) in [7, 11) is 0. The molecular formula is C19H17N3O5S. The first kappa shape index (κ1) is 19.4. The van der Waals surface area contributed by atoms with Crippen LogP contribution in [0.5, 0.6) is 0 Å². The Labute approximate surface area is 165 Å². The number of nitrogens with one attached hydrogen (secondary N) is 2. The number of fused-ring (bicyclic) bond motifs is 1. The fourth-order valence-corrected chi connectivity index (χ4v) is 3.43. The van der Waals surface area contributed by atoms with Crippen LogP contribution in [-0.2, 0) is 19.1 Å². The molecule has 3 rings (SSSR count). The highest BCUT2D eigenvalue weighted by molar-refractivity contribution is 8.00. The molecule has 0 fully saturated rings. The van der Waals surface area contributed by atoms with Crippen molar-refractivity contribution in [2.45, 2.75) is 4.90 Å². The standard InChI is InChI=1S/C19H17N3O5S/c23-16(21-19(26)20-13-6-2-1-3-7-13)11-27-18(25)10-22-14-8-4-5-9-15(14)28-12-17(22)24/h1-9H,10-12H2,(H2,20,21,23,26). The number of anilines is 2. The van der Waals surface area contributed by atoms with Gasteiger partial charge < -0.3 is 10.1 Å². The van der Waals surface area contributed by atoms with Gasteiger partial charge in [-0.3, -0.25) is 24.6 Å². The van der Waals surface area contributed by atoms with Crippen molar-refractivity contribution in [1.82, 2.24) is 5.32 Å². The molecule has 1 aliphatic heterocycles. The van der Waals surface area contributed by atoms with E-state index >= 15 is 0 Å². The minimum atomic E-state index is -0.775. The van der Waals surface area contributed by atoms with Crippen LogP contribution < -0.4 is 15.5 Å². The number of rotatable bonds is 5. The van der Waals surface area contributed by atoms with E-state index in [4.69, 9.17) is 4.74 Å². The summed E-state index contributed by atoms with van der Waals surface area (Å²) >= 11 is 1.40. The van der Waals surface area contributed by atoms with Crippen molar-refractivity contribution < 1.29 is 23.9 Å². The molecule has 0 saturated carbocycles. The Morgan fingerprint density at radius 2 is 1.75 bits per heavy atom. The highest BCUT2D eigenvalue weighted by Crippen LogP contribution is 2.34. The third-order valence-corrected chi connectivity index (χ3v) is 4.79. The van der Waals surface area contributed by atoms with E-state index in [0.29, 0.717) is 11.4 Å². The number of nitrogens with zero attached hydrogens (tertiary/aromatic N) is 1. The van der Waals surface area contributed by atoms with Crippen molar-refractivity contribution in [2.24, 2.45) is 0 Å². The fraction of sp³-hybridized carbons (Fsp3) is 0.158. The molecule has 9 heteroatoms. The van der Waals surface area contributed by atoms with Crippen LogP contribution in [-0.4, -0.2) is 42.7 Å². The lowest BCUT2D eigenvalue weighted by molar-refractivity contribution is -0.147. The Morgan fingerprint density at radius 1 is 1.04 bits per heavy atom. The molecule has 2 aromatic rings. The van der Waals surface area contributed by atoms with E-state index in [9.17, 15) is 19.2 Å². The average molecular weight is 399 g/mol. The molecule has 28 heavy (non-hydrogen) atoms. The zero-order valence-corrected chi connectivity index (χ0v) is 15.5. The molecule has 0 bridgehead atoms. The van der Waals surface area contributed by atoms with Gasteiger partial charge in [-0.2, -0.15) is 0 Å². The summed E-state index contributed by atoms with van der Waals surface area (Å²) in [4.78, 5) is 49.9. The molecule has 8 nitrogen and oxygen atoms in total. The van der Waals surface area contributed by atoms with Gasteiger partial charge in [-0.05, 0) is 24.3 Å². The number of ether oxygens (including phenoxy) is 1. The number of carbonyl (C=O) groups is 4. The molecule has 0 saturated heterocycles. The second-order valence-corrected chi connectivity index (χ2v) is 6.78.